The largest absolute Gasteiger partial charge is 0.380 e. The molecule has 0 fully saturated rings. The Labute approximate surface area is 253 Å². The molecule has 0 amide bonds. The molecule has 0 nitrogen and oxygen atoms in total. The van der Waals surface area contributed by atoms with Gasteiger partial charge in [-0.1, -0.05) is 22.7 Å². The zero-order chi connectivity index (χ0) is 30.5. The summed E-state index contributed by atoms with van der Waals surface area (Å²) in [6, 6.07) is 10.5. The Kier molecular flexibility index (Phi) is 7.66. The molecule has 0 saturated heterocycles. The Morgan fingerprint density at radius 1 is 0.512 bits per heavy atom. The molecule has 4 aromatic rings. The minimum Gasteiger partial charge on any atom is -0.194 e. The van der Waals surface area contributed by atoms with Crippen LogP contribution >= 0.6 is 59.9 Å². The van der Waals surface area contributed by atoms with E-state index in [2.05, 4.69) is 40.0 Å². The molecule has 0 aromatic carbocycles. The highest BCUT2D eigenvalue weighted by molar-refractivity contribution is 7.85. The van der Waals surface area contributed by atoms with E-state index in [1.54, 1.807) is 0 Å². The van der Waals surface area contributed by atoms with E-state index in [1.807, 2.05) is 24.3 Å². The van der Waals surface area contributed by atoms with Crippen molar-refractivity contribution in [2.45, 2.75) is 31.6 Å². The van der Waals surface area contributed by atoms with Gasteiger partial charge in [-0.3, -0.25) is 0 Å². The fraction of sp³-hybridized carbons (Fsp3) is 0.379. The van der Waals surface area contributed by atoms with E-state index in [1.165, 1.54) is 57.9 Å². The van der Waals surface area contributed by atoms with Crippen molar-refractivity contribution in [3.8, 4) is 19.5 Å². The maximum atomic E-state index is 15.6. The number of hydrogen-bond donors (Lipinski definition) is 0. The summed E-state index contributed by atoms with van der Waals surface area (Å²) in [7, 11) is -2.67. The molecule has 220 valence electrons. The van der Waals surface area contributed by atoms with Crippen molar-refractivity contribution >= 4 is 80.3 Å². The molecule has 4 heterocycles. The first-order chi connectivity index (χ1) is 18.7. The third-order valence-electron chi connectivity index (χ3n) is 7.03. The van der Waals surface area contributed by atoms with Crippen molar-refractivity contribution in [2.75, 3.05) is 40.0 Å². The predicted molar refractivity (Wildman–Crippen MR) is 175 cm³/mol. The van der Waals surface area contributed by atoms with E-state index in [0.717, 1.165) is 32.4 Å². The molecule has 1 aliphatic carbocycles. The molecule has 0 saturated carbocycles. The van der Waals surface area contributed by atoms with Crippen LogP contribution < -0.4 is 9.24 Å². The lowest BCUT2D eigenvalue weighted by Gasteiger charge is -2.25. The Hall–Kier alpha value is -1.02. The van der Waals surface area contributed by atoms with Crippen LogP contribution in [0.1, 0.15) is 20.9 Å². The van der Waals surface area contributed by atoms with Crippen molar-refractivity contribution in [1.29, 1.82) is 0 Å². The lowest BCUT2D eigenvalue weighted by atomic mass is 9.95. The standard InChI is InChI=1S/C29H30F6P2S4/c1-15-17(13-21(38-15)19-9-11-23(40-19)36(3,4)5)25-26(28(32,33)29(34,35)27(25,30)31)18-14-22(39-16(18)2)20-10-12-24(41-20)37(6,7)8/h9-14H,1-8H3/q+2. The summed E-state index contributed by atoms with van der Waals surface area (Å²) >= 11 is 5.37. The van der Waals surface area contributed by atoms with Crippen LogP contribution in [0, 0.1) is 13.8 Å². The van der Waals surface area contributed by atoms with Crippen LogP contribution in [0.2, 0.25) is 0 Å². The molecule has 0 radical (unpaired) electrons. The summed E-state index contributed by atoms with van der Waals surface area (Å²) in [5.74, 6) is -15.7. The van der Waals surface area contributed by atoms with Crippen molar-refractivity contribution in [3.05, 3.63) is 57.3 Å². The molecule has 0 aliphatic heterocycles. The number of alkyl halides is 6. The molecule has 4 aromatic heterocycles. The van der Waals surface area contributed by atoms with Gasteiger partial charge in [0.25, 0.3) is 0 Å². The number of allylic oxidation sites excluding steroid dienone is 2. The molecule has 1 aliphatic rings. The fourth-order valence-electron chi connectivity index (χ4n) is 4.78. The fourth-order valence-corrected chi connectivity index (χ4v) is 12.3. The van der Waals surface area contributed by atoms with Gasteiger partial charge in [0.05, 0.1) is 40.0 Å². The van der Waals surface area contributed by atoms with Gasteiger partial charge in [-0.2, -0.15) is 26.3 Å². The van der Waals surface area contributed by atoms with Gasteiger partial charge in [-0.05, 0) is 61.4 Å². The van der Waals surface area contributed by atoms with Gasteiger partial charge in [0.1, 0.15) is 9.24 Å². The van der Waals surface area contributed by atoms with Gasteiger partial charge in [-0.25, -0.2) is 0 Å². The number of halogens is 6. The van der Waals surface area contributed by atoms with Crippen LogP contribution in [0.15, 0.2) is 36.4 Å². The maximum Gasteiger partial charge on any atom is 0.380 e. The predicted octanol–water partition coefficient (Wildman–Crippen LogP) is 10.8. The molecule has 12 heteroatoms. The van der Waals surface area contributed by atoms with Gasteiger partial charge in [0, 0.05) is 54.9 Å². The summed E-state index contributed by atoms with van der Waals surface area (Å²) in [4.78, 5) is 3.41. The maximum absolute atomic E-state index is 15.6. The molecular formula is C29H30F6P2S4+2. The third-order valence-corrected chi connectivity index (χ3v) is 18.1. The normalized spacial score (nSPS) is 18.5. The molecule has 0 spiro atoms. The smallest absolute Gasteiger partial charge is 0.194 e. The second kappa shape index (κ2) is 10.0. The van der Waals surface area contributed by atoms with E-state index in [9.17, 15) is 0 Å². The van der Waals surface area contributed by atoms with Crippen LogP contribution in [0.25, 0.3) is 30.7 Å². The molecule has 5 rings (SSSR count). The highest BCUT2D eigenvalue weighted by Gasteiger charge is 2.80. The molecule has 0 N–H and O–H groups in total. The van der Waals surface area contributed by atoms with Crippen molar-refractivity contribution in [1.82, 2.24) is 0 Å². The minimum atomic E-state index is -5.58. The summed E-state index contributed by atoms with van der Waals surface area (Å²) in [5, 5.41) is 0. The zero-order valence-corrected chi connectivity index (χ0v) is 28.8. The molecule has 41 heavy (non-hydrogen) atoms. The van der Waals surface area contributed by atoms with Gasteiger partial charge in [-0.15, -0.1) is 22.7 Å². The summed E-state index contributed by atoms with van der Waals surface area (Å²) in [6.45, 7) is 16.0. The topological polar surface area (TPSA) is 0 Å². The van der Waals surface area contributed by atoms with Crippen molar-refractivity contribution < 1.29 is 26.3 Å². The monoisotopic (exact) mass is 682 g/mol. The highest BCUT2D eigenvalue weighted by Crippen LogP contribution is 2.66. The van der Waals surface area contributed by atoms with E-state index in [0.29, 0.717) is 19.5 Å². The Balaban J connectivity index is 1.71. The van der Waals surface area contributed by atoms with Gasteiger partial charge in [0.15, 0.2) is 0 Å². The van der Waals surface area contributed by atoms with Crippen LogP contribution in [-0.2, 0) is 0 Å². The lowest BCUT2D eigenvalue weighted by molar-refractivity contribution is -0.254. The van der Waals surface area contributed by atoms with Crippen LogP contribution in [-0.4, -0.2) is 57.8 Å². The Morgan fingerprint density at radius 3 is 1.15 bits per heavy atom. The first kappa shape index (κ1) is 31.4. The highest BCUT2D eigenvalue weighted by atomic mass is 32.1. The van der Waals surface area contributed by atoms with Crippen LogP contribution in [0.3, 0.4) is 0 Å². The number of rotatable bonds is 6. The van der Waals surface area contributed by atoms with E-state index in [-0.39, 0.29) is 11.1 Å². The SMILES string of the molecule is Cc1sc(-c2ccc([P+](C)(C)C)s2)cc1C1=C(c2cc(-c3ccc([P+](C)(C)C)s3)sc2C)C(F)(F)C(F)(F)C1(F)F. The Morgan fingerprint density at radius 2 is 0.854 bits per heavy atom. The number of thiophene rings is 4. The second-order valence-electron chi connectivity index (χ2n) is 11.9. The molecular weight excluding hydrogens is 653 g/mol. The zero-order valence-electron chi connectivity index (χ0n) is 23.8. The summed E-state index contributed by atoms with van der Waals surface area (Å²) < 4.78 is 94.8. The molecule has 0 atom stereocenters. The lowest BCUT2D eigenvalue weighted by Crippen LogP contribution is -2.48. The second-order valence-corrected chi connectivity index (χ2v) is 26.2. The number of aryl methyl sites for hydroxylation is 2. The number of hydrogen-bond acceptors (Lipinski definition) is 4. The van der Waals surface area contributed by atoms with E-state index < -0.39 is 43.4 Å². The molecule has 0 bridgehead atoms. The first-order valence-electron chi connectivity index (χ1n) is 12.6. The van der Waals surface area contributed by atoms with Crippen molar-refractivity contribution in [3.63, 3.8) is 0 Å². The minimum absolute atomic E-state index is 0.245. The summed E-state index contributed by atoms with van der Waals surface area (Å²) in [5.41, 5.74) is -3.03. The van der Waals surface area contributed by atoms with E-state index >= 15 is 26.3 Å². The van der Waals surface area contributed by atoms with Crippen LogP contribution in [0.4, 0.5) is 26.3 Å². The quantitative estimate of drug-likeness (QED) is 0.140. The first-order valence-corrected chi connectivity index (χ1v) is 22.2. The van der Waals surface area contributed by atoms with Gasteiger partial charge < -0.3 is 0 Å². The average Bonchev–Trinajstić information content (AvgIpc) is 3.62. The third kappa shape index (κ3) is 5.03. The van der Waals surface area contributed by atoms with Crippen LogP contribution in [0.5, 0.6) is 0 Å². The Bertz CT molecular complexity index is 1550. The van der Waals surface area contributed by atoms with Crippen molar-refractivity contribution in [2.24, 2.45) is 0 Å². The van der Waals surface area contributed by atoms with E-state index in [4.69, 9.17) is 0 Å². The van der Waals surface area contributed by atoms with Gasteiger partial charge in [0.2, 0.25) is 0 Å². The molecule has 0 unspecified atom stereocenters. The summed E-state index contributed by atoms with van der Waals surface area (Å²) in [6.07, 6.45) is 0. The van der Waals surface area contributed by atoms with Gasteiger partial charge >= 0.3 is 17.8 Å². The average molecular weight is 683 g/mol.